The molecule has 0 bridgehead atoms. The topological polar surface area (TPSA) is 67.9 Å². The quantitative estimate of drug-likeness (QED) is 0.797. The summed E-state index contributed by atoms with van der Waals surface area (Å²) in [6, 6.07) is 12.2. The standard InChI is InChI=1S/C19H18FN5/c20-15-5-1-3-13(9-15)19-23-17(14-4-2-7-22-11-14)10-18(24-19)25-8-6-16(21)12-25/h1-5,7,9-11,16H,6,8,12,21H2. The van der Waals surface area contributed by atoms with Gasteiger partial charge in [0.15, 0.2) is 5.82 Å². The second kappa shape index (κ2) is 6.57. The van der Waals surface area contributed by atoms with Gasteiger partial charge >= 0.3 is 0 Å². The first-order valence-electron chi connectivity index (χ1n) is 8.25. The summed E-state index contributed by atoms with van der Waals surface area (Å²) in [5, 5.41) is 0. The van der Waals surface area contributed by atoms with Crippen LogP contribution < -0.4 is 10.6 Å². The van der Waals surface area contributed by atoms with Crippen molar-refractivity contribution in [2.75, 3.05) is 18.0 Å². The van der Waals surface area contributed by atoms with E-state index in [9.17, 15) is 4.39 Å². The minimum Gasteiger partial charge on any atom is -0.355 e. The Morgan fingerprint density at radius 1 is 1.08 bits per heavy atom. The first-order valence-corrected chi connectivity index (χ1v) is 8.25. The molecule has 5 nitrogen and oxygen atoms in total. The van der Waals surface area contributed by atoms with Crippen LogP contribution in [0.4, 0.5) is 10.2 Å². The van der Waals surface area contributed by atoms with Crippen LogP contribution >= 0.6 is 0 Å². The number of nitrogens with two attached hydrogens (primary N) is 1. The summed E-state index contributed by atoms with van der Waals surface area (Å²) in [7, 11) is 0. The minimum absolute atomic E-state index is 0.148. The van der Waals surface area contributed by atoms with Crippen LogP contribution in [0, 0.1) is 5.82 Å². The van der Waals surface area contributed by atoms with E-state index >= 15 is 0 Å². The molecule has 1 aliphatic heterocycles. The number of hydrogen-bond donors (Lipinski definition) is 1. The summed E-state index contributed by atoms with van der Waals surface area (Å²) >= 11 is 0. The van der Waals surface area contributed by atoms with E-state index in [1.54, 1.807) is 18.5 Å². The maximum Gasteiger partial charge on any atom is 0.162 e. The monoisotopic (exact) mass is 335 g/mol. The van der Waals surface area contributed by atoms with E-state index in [0.717, 1.165) is 36.6 Å². The second-order valence-electron chi connectivity index (χ2n) is 6.18. The van der Waals surface area contributed by atoms with Gasteiger partial charge in [-0.3, -0.25) is 4.98 Å². The van der Waals surface area contributed by atoms with Crippen molar-refractivity contribution in [3.8, 4) is 22.6 Å². The highest BCUT2D eigenvalue weighted by Gasteiger charge is 2.22. The van der Waals surface area contributed by atoms with Gasteiger partial charge in [-0.25, -0.2) is 14.4 Å². The van der Waals surface area contributed by atoms with E-state index in [1.165, 1.54) is 12.1 Å². The van der Waals surface area contributed by atoms with Gasteiger partial charge in [0, 0.05) is 48.7 Å². The number of aromatic nitrogens is 3. The molecule has 3 aromatic rings. The maximum atomic E-state index is 13.6. The Hall–Kier alpha value is -2.86. The Labute approximate surface area is 145 Å². The van der Waals surface area contributed by atoms with Crippen LogP contribution in [0.3, 0.4) is 0 Å². The lowest BCUT2D eigenvalue weighted by Gasteiger charge is -2.18. The molecule has 1 aliphatic rings. The Bertz CT molecular complexity index is 884. The zero-order valence-corrected chi connectivity index (χ0v) is 13.6. The van der Waals surface area contributed by atoms with Gasteiger partial charge in [-0.15, -0.1) is 0 Å². The third-order valence-corrected chi connectivity index (χ3v) is 4.30. The van der Waals surface area contributed by atoms with Gasteiger partial charge in [0.2, 0.25) is 0 Å². The lowest BCUT2D eigenvalue weighted by Crippen LogP contribution is -2.27. The third-order valence-electron chi connectivity index (χ3n) is 4.30. The molecule has 2 N–H and O–H groups in total. The van der Waals surface area contributed by atoms with Crippen molar-refractivity contribution in [3.05, 3.63) is 60.7 Å². The molecule has 2 aromatic heterocycles. The van der Waals surface area contributed by atoms with Crippen LogP contribution in [0.1, 0.15) is 6.42 Å². The van der Waals surface area contributed by atoms with Gasteiger partial charge in [-0.05, 0) is 30.7 Å². The van der Waals surface area contributed by atoms with Gasteiger partial charge in [0.1, 0.15) is 11.6 Å². The van der Waals surface area contributed by atoms with Crippen LogP contribution in [0.15, 0.2) is 54.9 Å². The van der Waals surface area contributed by atoms with E-state index < -0.39 is 0 Å². The lowest BCUT2D eigenvalue weighted by molar-refractivity contribution is 0.628. The number of halogens is 1. The summed E-state index contributed by atoms with van der Waals surface area (Å²) in [6.45, 7) is 1.61. The van der Waals surface area contributed by atoms with Crippen LogP contribution in [0.2, 0.25) is 0 Å². The Balaban J connectivity index is 1.83. The van der Waals surface area contributed by atoms with Crippen LogP contribution in [0.25, 0.3) is 22.6 Å². The molecular weight excluding hydrogens is 317 g/mol. The van der Waals surface area contributed by atoms with Crippen molar-refractivity contribution in [2.24, 2.45) is 5.73 Å². The number of rotatable bonds is 3. The molecule has 1 atom stereocenters. The highest BCUT2D eigenvalue weighted by atomic mass is 19.1. The van der Waals surface area contributed by atoms with Gasteiger partial charge < -0.3 is 10.6 Å². The SMILES string of the molecule is NC1CCN(c2cc(-c3cccnc3)nc(-c3cccc(F)c3)n2)C1. The molecule has 0 aliphatic carbocycles. The minimum atomic E-state index is -0.308. The molecule has 1 fully saturated rings. The van der Waals surface area contributed by atoms with E-state index in [2.05, 4.69) is 19.9 Å². The van der Waals surface area contributed by atoms with E-state index in [0.29, 0.717) is 11.4 Å². The fourth-order valence-electron chi connectivity index (χ4n) is 3.01. The Morgan fingerprint density at radius 2 is 1.96 bits per heavy atom. The third kappa shape index (κ3) is 3.34. The van der Waals surface area contributed by atoms with Crippen molar-refractivity contribution in [2.45, 2.75) is 12.5 Å². The summed E-state index contributed by atoms with van der Waals surface area (Å²) in [6.07, 6.45) is 4.41. The highest BCUT2D eigenvalue weighted by molar-refractivity contribution is 5.67. The molecule has 1 unspecified atom stereocenters. The molecule has 1 saturated heterocycles. The van der Waals surface area contributed by atoms with Crippen LogP contribution in [0.5, 0.6) is 0 Å². The average molecular weight is 335 g/mol. The molecule has 3 heterocycles. The van der Waals surface area contributed by atoms with E-state index in [-0.39, 0.29) is 11.9 Å². The zero-order valence-electron chi connectivity index (χ0n) is 13.6. The second-order valence-corrected chi connectivity index (χ2v) is 6.18. The molecule has 4 rings (SSSR count). The molecule has 6 heteroatoms. The summed E-state index contributed by atoms with van der Waals surface area (Å²) in [4.78, 5) is 15.6. The smallest absolute Gasteiger partial charge is 0.162 e. The van der Waals surface area contributed by atoms with Crippen molar-refractivity contribution >= 4 is 5.82 Å². The van der Waals surface area contributed by atoms with Crippen molar-refractivity contribution < 1.29 is 4.39 Å². The van der Waals surface area contributed by atoms with Crippen LogP contribution in [-0.4, -0.2) is 34.1 Å². The number of anilines is 1. The zero-order chi connectivity index (χ0) is 17.2. The predicted molar refractivity (Wildman–Crippen MR) is 95.5 cm³/mol. The number of benzene rings is 1. The van der Waals surface area contributed by atoms with Gasteiger partial charge in [-0.2, -0.15) is 0 Å². The molecule has 126 valence electrons. The summed E-state index contributed by atoms with van der Waals surface area (Å²) in [5.74, 6) is 0.995. The van der Waals surface area contributed by atoms with Crippen molar-refractivity contribution in [1.29, 1.82) is 0 Å². The Morgan fingerprint density at radius 3 is 2.68 bits per heavy atom. The normalized spacial score (nSPS) is 17.0. The van der Waals surface area contributed by atoms with Gasteiger partial charge in [0.25, 0.3) is 0 Å². The van der Waals surface area contributed by atoms with Gasteiger partial charge in [0.05, 0.1) is 5.69 Å². The van der Waals surface area contributed by atoms with E-state index in [4.69, 9.17) is 5.73 Å². The average Bonchev–Trinajstić information content (AvgIpc) is 3.09. The van der Waals surface area contributed by atoms with Gasteiger partial charge in [-0.1, -0.05) is 12.1 Å². The van der Waals surface area contributed by atoms with E-state index in [1.807, 2.05) is 24.3 Å². The van der Waals surface area contributed by atoms with Crippen molar-refractivity contribution in [3.63, 3.8) is 0 Å². The van der Waals surface area contributed by atoms with Crippen LogP contribution in [-0.2, 0) is 0 Å². The van der Waals surface area contributed by atoms with Crippen molar-refractivity contribution in [1.82, 2.24) is 15.0 Å². The lowest BCUT2D eigenvalue weighted by atomic mass is 10.1. The fraction of sp³-hybridized carbons (Fsp3) is 0.211. The number of hydrogen-bond acceptors (Lipinski definition) is 5. The first kappa shape index (κ1) is 15.7. The molecular formula is C19H18FN5. The summed E-state index contributed by atoms with van der Waals surface area (Å²) in [5.41, 5.74) is 8.34. The number of pyridine rings is 1. The molecule has 0 radical (unpaired) electrons. The molecule has 0 saturated carbocycles. The molecule has 25 heavy (non-hydrogen) atoms. The predicted octanol–water partition coefficient (Wildman–Crippen LogP) is 2.88. The molecule has 0 amide bonds. The summed E-state index contributed by atoms with van der Waals surface area (Å²) < 4.78 is 13.6. The molecule has 0 spiro atoms. The highest BCUT2D eigenvalue weighted by Crippen LogP contribution is 2.27. The first-order chi connectivity index (χ1) is 12.2. The fourth-order valence-corrected chi connectivity index (χ4v) is 3.01. The largest absolute Gasteiger partial charge is 0.355 e. The maximum absolute atomic E-state index is 13.6. The molecule has 1 aromatic carbocycles. The number of nitrogens with zero attached hydrogens (tertiary/aromatic N) is 4. The Kier molecular flexibility index (Phi) is 4.11.